The summed E-state index contributed by atoms with van der Waals surface area (Å²) < 4.78 is 4.82. The van der Waals surface area contributed by atoms with Crippen LogP contribution in [-0.2, 0) is 14.3 Å². The Bertz CT molecular complexity index is 494. The van der Waals surface area contributed by atoms with Crippen LogP contribution in [0.2, 0.25) is 0 Å². The van der Waals surface area contributed by atoms with Gasteiger partial charge >= 0.3 is 5.97 Å². The molecule has 0 heterocycles. The second-order valence-electron chi connectivity index (χ2n) is 4.58. The van der Waals surface area contributed by atoms with E-state index in [4.69, 9.17) is 4.74 Å². The van der Waals surface area contributed by atoms with Gasteiger partial charge in [0.2, 0.25) is 5.91 Å². The molecule has 6 heteroatoms. The zero-order valence-corrected chi connectivity index (χ0v) is 11.7. The lowest BCUT2D eigenvalue weighted by atomic mass is 10.0. The van der Waals surface area contributed by atoms with Crippen LogP contribution in [0.15, 0.2) is 24.3 Å². The first-order valence-corrected chi connectivity index (χ1v) is 6.22. The molecule has 0 saturated carbocycles. The van der Waals surface area contributed by atoms with Crippen LogP contribution in [0, 0.1) is 0 Å². The number of carbonyl (C=O) groups is 3. The van der Waals surface area contributed by atoms with Crippen molar-refractivity contribution in [2.24, 2.45) is 0 Å². The second-order valence-corrected chi connectivity index (χ2v) is 4.58. The Hall–Kier alpha value is -2.37. The monoisotopic (exact) mass is 278 g/mol. The van der Waals surface area contributed by atoms with Gasteiger partial charge in [-0.2, -0.15) is 0 Å². The Morgan fingerprint density at radius 3 is 2.20 bits per heavy atom. The van der Waals surface area contributed by atoms with E-state index in [2.05, 4.69) is 24.7 Å². The fraction of sp³-hybridized carbons (Fsp3) is 0.357. The van der Waals surface area contributed by atoms with Gasteiger partial charge in [-0.05, 0) is 23.6 Å². The van der Waals surface area contributed by atoms with Gasteiger partial charge in [-0.25, -0.2) is 4.79 Å². The minimum absolute atomic E-state index is 0.377. The van der Waals surface area contributed by atoms with E-state index in [0.717, 1.165) is 5.56 Å². The van der Waals surface area contributed by atoms with Gasteiger partial charge < -0.3 is 4.74 Å². The van der Waals surface area contributed by atoms with E-state index < -0.39 is 24.4 Å². The lowest BCUT2D eigenvalue weighted by molar-refractivity contribution is -0.129. The molecule has 20 heavy (non-hydrogen) atoms. The highest BCUT2D eigenvalue weighted by Gasteiger charge is 2.10. The summed E-state index contributed by atoms with van der Waals surface area (Å²) in [7, 11) is 0. The van der Waals surface area contributed by atoms with E-state index in [1.165, 1.54) is 6.92 Å². The molecule has 0 saturated heterocycles. The van der Waals surface area contributed by atoms with E-state index in [1.54, 1.807) is 12.1 Å². The second kappa shape index (κ2) is 7.28. The summed E-state index contributed by atoms with van der Waals surface area (Å²) in [5, 5.41) is 0. The van der Waals surface area contributed by atoms with Crippen LogP contribution in [0.3, 0.4) is 0 Å². The number of hydrogen-bond acceptors (Lipinski definition) is 4. The quantitative estimate of drug-likeness (QED) is 0.639. The molecule has 0 atom stereocenters. The van der Waals surface area contributed by atoms with Crippen molar-refractivity contribution in [3.63, 3.8) is 0 Å². The number of benzene rings is 1. The molecule has 0 aliphatic carbocycles. The molecule has 0 aromatic heterocycles. The van der Waals surface area contributed by atoms with Crippen molar-refractivity contribution >= 4 is 17.8 Å². The number of esters is 1. The first-order chi connectivity index (χ1) is 9.40. The first kappa shape index (κ1) is 15.7. The van der Waals surface area contributed by atoms with Crippen LogP contribution in [0.4, 0.5) is 0 Å². The van der Waals surface area contributed by atoms with Crippen molar-refractivity contribution in [1.29, 1.82) is 0 Å². The molecule has 0 bridgehead atoms. The van der Waals surface area contributed by atoms with Crippen molar-refractivity contribution in [3.8, 4) is 0 Å². The summed E-state index contributed by atoms with van der Waals surface area (Å²) >= 11 is 0. The maximum atomic E-state index is 11.7. The zero-order chi connectivity index (χ0) is 15.1. The molecule has 1 aromatic rings. The molecule has 1 rings (SSSR count). The van der Waals surface area contributed by atoms with Gasteiger partial charge in [-0.1, -0.05) is 26.0 Å². The number of amides is 2. The van der Waals surface area contributed by atoms with Crippen LogP contribution < -0.4 is 10.9 Å². The summed E-state index contributed by atoms with van der Waals surface area (Å²) in [6.45, 7) is 4.91. The molecule has 2 amide bonds. The van der Waals surface area contributed by atoms with Crippen molar-refractivity contribution in [3.05, 3.63) is 35.4 Å². The maximum Gasteiger partial charge on any atom is 0.338 e. The number of rotatable bonds is 4. The minimum Gasteiger partial charge on any atom is -0.452 e. The molecule has 0 fully saturated rings. The van der Waals surface area contributed by atoms with Gasteiger partial charge in [0.05, 0.1) is 5.56 Å². The molecular weight excluding hydrogens is 260 g/mol. The highest BCUT2D eigenvalue weighted by Crippen LogP contribution is 2.15. The number of hydrazine groups is 1. The maximum absolute atomic E-state index is 11.7. The van der Waals surface area contributed by atoms with E-state index in [9.17, 15) is 14.4 Å². The van der Waals surface area contributed by atoms with Crippen molar-refractivity contribution in [2.75, 3.05) is 6.61 Å². The van der Waals surface area contributed by atoms with Crippen molar-refractivity contribution in [2.45, 2.75) is 26.7 Å². The van der Waals surface area contributed by atoms with Gasteiger partial charge in [0, 0.05) is 6.92 Å². The molecular formula is C14H18N2O4. The van der Waals surface area contributed by atoms with Gasteiger partial charge in [0.15, 0.2) is 6.61 Å². The molecule has 6 nitrogen and oxygen atoms in total. The first-order valence-electron chi connectivity index (χ1n) is 6.22. The van der Waals surface area contributed by atoms with Crippen molar-refractivity contribution < 1.29 is 19.1 Å². The molecule has 108 valence electrons. The Balaban J connectivity index is 2.46. The summed E-state index contributed by atoms with van der Waals surface area (Å²) in [5.74, 6) is -1.22. The average Bonchev–Trinajstić information content (AvgIpc) is 2.42. The topological polar surface area (TPSA) is 84.5 Å². The lowest BCUT2D eigenvalue weighted by Gasteiger charge is -2.08. The molecule has 2 N–H and O–H groups in total. The Morgan fingerprint density at radius 2 is 1.70 bits per heavy atom. The largest absolute Gasteiger partial charge is 0.452 e. The van der Waals surface area contributed by atoms with E-state index in [0.29, 0.717) is 11.5 Å². The number of nitrogens with one attached hydrogen (secondary N) is 2. The zero-order valence-electron chi connectivity index (χ0n) is 11.7. The fourth-order valence-electron chi connectivity index (χ4n) is 1.41. The molecule has 0 aliphatic rings. The van der Waals surface area contributed by atoms with Crippen LogP contribution >= 0.6 is 0 Å². The van der Waals surface area contributed by atoms with Crippen LogP contribution in [0.5, 0.6) is 0 Å². The minimum atomic E-state index is -0.604. The van der Waals surface area contributed by atoms with E-state index in [1.807, 2.05) is 12.1 Å². The van der Waals surface area contributed by atoms with Gasteiger partial charge in [0.25, 0.3) is 5.91 Å². The molecule has 0 spiro atoms. The van der Waals surface area contributed by atoms with Gasteiger partial charge in [-0.15, -0.1) is 0 Å². The number of carbonyl (C=O) groups excluding carboxylic acids is 3. The summed E-state index contributed by atoms with van der Waals surface area (Å²) in [5.41, 5.74) is 5.69. The highest BCUT2D eigenvalue weighted by atomic mass is 16.5. The molecule has 0 aliphatic heterocycles. The summed E-state index contributed by atoms with van der Waals surface area (Å²) in [6.07, 6.45) is 0. The molecule has 1 aromatic carbocycles. The fourth-order valence-corrected chi connectivity index (χ4v) is 1.41. The summed E-state index contributed by atoms with van der Waals surface area (Å²) in [6, 6.07) is 7.00. The Kier molecular flexibility index (Phi) is 5.71. The average molecular weight is 278 g/mol. The SMILES string of the molecule is CC(=O)NNC(=O)COC(=O)c1ccc(C(C)C)cc1. The predicted octanol–water partition coefficient (Wildman–Crippen LogP) is 1.13. The lowest BCUT2D eigenvalue weighted by Crippen LogP contribution is -2.42. The van der Waals surface area contributed by atoms with Crippen molar-refractivity contribution in [1.82, 2.24) is 10.9 Å². The van der Waals surface area contributed by atoms with Crippen LogP contribution in [-0.4, -0.2) is 24.4 Å². The van der Waals surface area contributed by atoms with E-state index >= 15 is 0 Å². The smallest absolute Gasteiger partial charge is 0.338 e. The summed E-state index contributed by atoms with van der Waals surface area (Å²) in [4.78, 5) is 33.5. The highest BCUT2D eigenvalue weighted by molar-refractivity contribution is 5.91. The number of ether oxygens (including phenoxy) is 1. The third kappa shape index (κ3) is 5.09. The van der Waals surface area contributed by atoms with E-state index in [-0.39, 0.29) is 0 Å². The standard InChI is InChI=1S/C14H18N2O4/c1-9(2)11-4-6-12(7-5-11)14(19)20-8-13(18)16-15-10(3)17/h4-7,9H,8H2,1-3H3,(H,15,17)(H,16,18). The molecule has 0 radical (unpaired) electrons. The third-order valence-corrected chi connectivity index (χ3v) is 2.53. The molecule has 0 unspecified atom stereocenters. The van der Waals surface area contributed by atoms with Gasteiger partial charge in [-0.3, -0.25) is 20.4 Å². The third-order valence-electron chi connectivity index (χ3n) is 2.53. The van der Waals surface area contributed by atoms with Gasteiger partial charge in [0.1, 0.15) is 0 Å². The number of hydrogen-bond donors (Lipinski definition) is 2. The Morgan fingerprint density at radius 1 is 1.10 bits per heavy atom. The van der Waals surface area contributed by atoms with Crippen LogP contribution in [0.1, 0.15) is 42.6 Å². The predicted molar refractivity (Wildman–Crippen MR) is 72.8 cm³/mol. The normalized spacial score (nSPS) is 10.0. The van der Waals surface area contributed by atoms with Crippen LogP contribution in [0.25, 0.3) is 0 Å². The Labute approximate surface area is 117 Å².